The van der Waals surface area contributed by atoms with Crippen molar-refractivity contribution in [2.45, 2.75) is 18.0 Å². The van der Waals surface area contributed by atoms with Gasteiger partial charge in [0.1, 0.15) is 5.82 Å². The third-order valence-electron chi connectivity index (χ3n) is 5.52. The molecule has 30 heavy (non-hydrogen) atoms. The number of hydrogen-bond acceptors (Lipinski definition) is 9. The Balaban J connectivity index is 1.26. The normalized spacial score (nSPS) is 21.2. The highest BCUT2D eigenvalue weighted by molar-refractivity contribution is 7.99. The summed E-state index contributed by atoms with van der Waals surface area (Å²) < 4.78 is 25.2. The summed E-state index contributed by atoms with van der Waals surface area (Å²) in [6.45, 7) is 2.69. The molecule has 4 heterocycles. The summed E-state index contributed by atoms with van der Waals surface area (Å²) >= 11 is 1.37. The fourth-order valence-corrected chi connectivity index (χ4v) is 6.46. The zero-order chi connectivity index (χ0) is 21.1. The molecule has 0 saturated carbocycles. The van der Waals surface area contributed by atoms with Crippen molar-refractivity contribution in [3.05, 3.63) is 24.3 Å². The highest BCUT2D eigenvalue weighted by atomic mass is 32.2. The maximum absolute atomic E-state index is 12.6. The monoisotopic (exact) mass is 451 g/mol. The van der Waals surface area contributed by atoms with Gasteiger partial charge in [-0.2, -0.15) is 0 Å². The zero-order valence-electron chi connectivity index (χ0n) is 16.8. The van der Waals surface area contributed by atoms with E-state index in [0.29, 0.717) is 55.9 Å². The molecule has 4 rings (SSSR count). The van der Waals surface area contributed by atoms with Gasteiger partial charge < -0.3 is 14.4 Å². The Morgan fingerprint density at radius 1 is 1.17 bits per heavy atom. The van der Waals surface area contributed by atoms with E-state index in [1.54, 1.807) is 18.5 Å². The molecule has 0 aromatic carbocycles. The molecule has 2 aromatic rings. The molecule has 2 aromatic heterocycles. The van der Waals surface area contributed by atoms with Crippen LogP contribution >= 0.6 is 11.8 Å². The number of rotatable bonds is 6. The third kappa shape index (κ3) is 4.91. The number of nitrogens with zero attached hydrogens (tertiary/aromatic N) is 7. The number of aromatic nitrogens is 5. The summed E-state index contributed by atoms with van der Waals surface area (Å²) in [5.41, 5.74) is 0. The molecule has 2 aliphatic rings. The Bertz CT molecular complexity index is 988. The van der Waals surface area contributed by atoms with E-state index >= 15 is 0 Å². The van der Waals surface area contributed by atoms with Gasteiger partial charge in [-0.3, -0.25) is 4.79 Å². The van der Waals surface area contributed by atoms with Crippen LogP contribution in [0.2, 0.25) is 0 Å². The van der Waals surface area contributed by atoms with E-state index in [4.69, 9.17) is 0 Å². The minimum Gasteiger partial charge on any atom is -0.338 e. The molecule has 1 atom stereocenters. The van der Waals surface area contributed by atoms with Gasteiger partial charge in [-0.1, -0.05) is 11.8 Å². The van der Waals surface area contributed by atoms with E-state index in [1.165, 1.54) is 11.8 Å². The van der Waals surface area contributed by atoms with Crippen molar-refractivity contribution in [2.75, 3.05) is 48.3 Å². The summed E-state index contributed by atoms with van der Waals surface area (Å²) in [7, 11) is -1.04. The second-order valence-electron chi connectivity index (χ2n) is 7.64. The second-order valence-corrected chi connectivity index (χ2v) is 10.8. The van der Waals surface area contributed by atoms with E-state index in [2.05, 4.69) is 25.1 Å². The average molecular weight is 452 g/mol. The number of carbonyl (C=O) groups is 1. The fourth-order valence-electron chi connectivity index (χ4n) is 3.77. The van der Waals surface area contributed by atoms with Crippen LogP contribution in [-0.2, 0) is 28.1 Å². The predicted molar refractivity (Wildman–Crippen MR) is 113 cm³/mol. The van der Waals surface area contributed by atoms with Gasteiger partial charge >= 0.3 is 0 Å². The van der Waals surface area contributed by atoms with Crippen molar-refractivity contribution in [1.29, 1.82) is 0 Å². The SMILES string of the molecule is Cn1c(C[C@H]2CCS(=O)(=O)C2)nnc1SCC(=O)N1CCN(c2ncccn2)CC1. The topological polar surface area (TPSA) is 114 Å². The molecule has 0 spiro atoms. The molecule has 1 amide bonds. The van der Waals surface area contributed by atoms with E-state index in [0.717, 1.165) is 5.82 Å². The van der Waals surface area contributed by atoms with Crippen LogP contribution in [-0.4, -0.2) is 87.4 Å². The molecule has 0 N–H and O–H groups in total. The van der Waals surface area contributed by atoms with E-state index in [1.807, 2.05) is 16.5 Å². The van der Waals surface area contributed by atoms with Gasteiger partial charge in [-0.05, 0) is 18.4 Å². The number of sulfone groups is 1. The van der Waals surface area contributed by atoms with Crippen LogP contribution in [0.15, 0.2) is 23.6 Å². The molecule has 10 nitrogen and oxygen atoms in total. The lowest BCUT2D eigenvalue weighted by molar-refractivity contribution is -0.128. The van der Waals surface area contributed by atoms with Crippen molar-refractivity contribution in [2.24, 2.45) is 13.0 Å². The number of thioether (sulfide) groups is 1. The largest absolute Gasteiger partial charge is 0.338 e. The number of carbonyl (C=O) groups excluding carboxylic acids is 1. The minimum absolute atomic E-state index is 0.0695. The van der Waals surface area contributed by atoms with Gasteiger partial charge in [-0.25, -0.2) is 18.4 Å². The van der Waals surface area contributed by atoms with Crippen molar-refractivity contribution in [3.63, 3.8) is 0 Å². The van der Waals surface area contributed by atoms with Crippen LogP contribution < -0.4 is 4.90 Å². The molecule has 2 saturated heterocycles. The molecule has 0 aliphatic carbocycles. The predicted octanol–water partition coefficient (Wildman–Crippen LogP) is 0.0232. The molecule has 0 bridgehead atoms. The van der Waals surface area contributed by atoms with Crippen molar-refractivity contribution in [1.82, 2.24) is 29.6 Å². The van der Waals surface area contributed by atoms with Crippen LogP contribution in [0.25, 0.3) is 0 Å². The smallest absolute Gasteiger partial charge is 0.233 e. The number of piperazine rings is 1. The molecule has 12 heteroatoms. The van der Waals surface area contributed by atoms with Crippen LogP contribution in [0.5, 0.6) is 0 Å². The van der Waals surface area contributed by atoms with Crippen molar-refractivity contribution >= 4 is 33.5 Å². The number of anilines is 1. The van der Waals surface area contributed by atoms with Gasteiger partial charge in [0.25, 0.3) is 0 Å². The Hall–Kier alpha value is -2.21. The Kier molecular flexibility index (Phi) is 6.23. The van der Waals surface area contributed by atoms with Crippen LogP contribution in [0.3, 0.4) is 0 Å². The first-order chi connectivity index (χ1) is 14.4. The van der Waals surface area contributed by atoms with Crippen LogP contribution in [0.1, 0.15) is 12.2 Å². The summed E-state index contributed by atoms with van der Waals surface area (Å²) in [5.74, 6) is 2.41. The first kappa shape index (κ1) is 21.0. The fraction of sp³-hybridized carbons (Fsp3) is 0.611. The zero-order valence-corrected chi connectivity index (χ0v) is 18.5. The molecular formula is C18H25N7O3S2. The molecular weight excluding hydrogens is 426 g/mol. The molecule has 2 fully saturated rings. The lowest BCUT2D eigenvalue weighted by Crippen LogP contribution is -2.49. The van der Waals surface area contributed by atoms with Gasteiger partial charge in [0, 0.05) is 52.0 Å². The quantitative estimate of drug-likeness (QED) is 0.561. The van der Waals surface area contributed by atoms with Gasteiger partial charge in [0.15, 0.2) is 15.0 Å². The van der Waals surface area contributed by atoms with E-state index in [-0.39, 0.29) is 23.3 Å². The molecule has 162 valence electrons. The average Bonchev–Trinajstić information content (AvgIpc) is 3.28. The number of amides is 1. The highest BCUT2D eigenvalue weighted by Crippen LogP contribution is 2.24. The lowest BCUT2D eigenvalue weighted by Gasteiger charge is -2.34. The second kappa shape index (κ2) is 8.88. The maximum Gasteiger partial charge on any atom is 0.233 e. The standard InChI is InChI=1S/C18H25N7O3S2/c1-23-15(11-14-3-10-30(27,28)13-14)21-22-18(23)29-12-16(26)24-6-8-25(9-7-24)17-19-4-2-5-20-17/h2,4-5,14H,3,6-13H2,1H3/t14-/m1/s1. The van der Waals surface area contributed by atoms with Crippen molar-refractivity contribution in [3.8, 4) is 0 Å². The Labute approximate surface area is 180 Å². The first-order valence-electron chi connectivity index (χ1n) is 9.92. The van der Waals surface area contributed by atoms with E-state index in [9.17, 15) is 13.2 Å². The lowest BCUT2D eigenvalue weighted by atomic mass is 10.1. The summed E-state index contributed by atoms with van der Waals surface area (Å²) in [4.78, 5) is 25.1. The first-order valence-corrected chi connectivity index (χ1v) is 12.7. The molecule has 2 aliphatic heterocycles. The van der Waals surface area contributed by atoms with E-state index < -0.39 is 9.84 Å². The van der Waals surface area contributed by atoms with Crippen LogP contribution in [0.4, 0.5) is 5.95 Å². The highest BCUT2D eigenvalue weighted by Gasteiger charge is 2.29. The Morgan fingerprint density at radius 3 is 2.57 bits per heavy atom. The van der Waals surface area contributed by atoms with Gasteiger partial charge in [0.05, 0.1) is 17.3 Å². The minimum atomic E-state index is -2.90. The Morgan fingerprint density at radius 2 is 1.90 bits per heavy atom. The van der Waals surface area contributed by atoms with Gasteiger partial charge in [0.2, 0.25) is 11.9 Å². The third-order valence-corrected chi connectivity index (χ3v) is 8.36. The van der Waals surface area contributed by atoms with Gasteiger partial charge in [-0.15, -0.1) is 10.2 Å². The maximum atomic E-state index is 12.6. The molecule has 0 unspecified atom stereocenters. The van der Waals surface area contributed by atoms with Crippen LogP contribution in [0, 0.1) is 5.92 Å². The summed E-state index contributed by atoms with van der Waals surface area (Å²) in [6.07, 6.45) is 4.71. The van der Waals surface area contributed by atoms with Crippen molar-refractivity contribution < 1.29 is 13.2 Å². The molecule has 0 radical (unpaired) electrons. The summed E-state index contributed by atoms with van der Waals surface area (Å²) in [5, 5.41) is 9.08. The number of hydrogen-bond donors (Lipinski definition) is 0. The summed E-state index contributed by atoms with van der Waals surface area (Å²) in [6, 6.07) is 1.79.